The third-order valence-corrected chi connectivity index (χ3v) is 4.78. The summed E-state index contributed by atoms with van der Waals surface area (Å²) >= 11 is 2.22. The van der Waals surface area contributed by atoms with Gasteiger partial charge in [0.25, 0.3) is 5.91 Å². The summed E-state index contributed by atoms with van der Waals surface area (Å²) in [7, 11) is 3.83. The zero-order chi connectivity index (χ0) is 17.8. The molecule has 1 saturated heterocycles. The number of benzene rings is 1. The molecule has 0 radical (unpaired) electrons. The van der Waals surface area contributed by atoms with Crippen LogP contribution in [0.25, 0.3) is 0 Å². The van der Waals surface area contributed by atoms with E-state index in [0.29, 0.717) is 12.4 Å². The molecule has 1 aromatic heterocycles. The average molecular weight is 452 g/mol. The van der Waals surface area contributed by atoms with Crippen molar-refractivity contribution in [2.75, 3.05) is 32.1 Å². The number of carbonyl (C=O) groups excluding carboxylic acids is 1. The number of halogens is 1. The number of hydrogen-bond donors (Lipinski definition) is 0. The molecule has 1 unspecified atom stereocenters. The lowest BCUT2D eigenvalue weighted by Gasteiger charge is -2.32. The van der Waals surface area contributed by atoms with Crippen molar-refractivity contribution in [3.05, 3.63) is 45.5 Å². The van der Waals surface area contributed by atoms with E-state index in [-0.39, 0.29) is 12.0 Å². The second-order valence-electron chi connectivity index (χ2n) is 6.27. The smallest absolute Gasteiger partial charge is 0.254 e. The Bertz CT molecular complexity index is 736. The van der Waals surface area contributed by atoms with Crippen molar-refractivity contribution in [2.24, 2.45) is 0 Å². The van der Waals surface area contributed by atoms with Crippen molar-refractivity contribution < 1.29 is 9.53 Å². The number of aromatic nitrogens is 2. The molecule has 1 amide bonds. The highest BCUT2D eigenvalue weighted by Crippen LogP contribution is 2.20. The largest absolute Gasteiger partial charge is 0.471 e. The first-order chi connectivity index (χ1) is 12.0. The Kier molecular flexibility index (Phi) is 5.72. The standard InChI is InChI=1S/C18H21IN4O2/c1-22(2)16-8-9-17(21-20-16)25-15-7-4-10-23(12-15)18(24)13-5-3-6-14(19)11-13/h3,5-6,8-9,11,15H,4,7,10,12H2,1-2H3. The molecular weight excluding hydrogens is 431 g/mol. The topological polar surface area (TPSA) is 58.6 Å². The molecule has 1 aliphatic heterocycles. The second-order valence-corrected chi connectivity index (χ2v) is 7.51. The molecule has 0 bridgehead atoms. The van der Waals surface area contributed by atoms with Gasteiger partial charge in [0.05, 0.1) is 6.54 Å². The molecule has 7 heteroatoms. The number of piperidine rings is 1. The third-order valence-electron chi connectivity index (χ3n) is 4.11. The van der Waals surface area contributed by atoms with Gasteiger partial charge in [-0.25, -0.2) is 0 Å². The fraction of sp³-hybridized carbons (Fsp3) is 0.389. The van der Waals surface area contributed by atoms with Crippen LogP contribution in [0, 0.1) is 3.57 Å². The van der Waals surface area contributed by atoms with Crippen LogP contribution in [0.3, 0.4) is 0 Å². The maximum Gasteiger partial charge on any atom is 0.254 e. The van der Waals surface area contributed by atoms with Crippen LogP contribution in [0.5, 0.6) is 5.88 Å². The number of carbonyl (C=O) groups is 1. The zero-order valence-electron chi connectivity index (χ0n) is 14.4. The fourth-order valence-corrected chi connectivity index (χ4v) is 3.35. The summed E-state index contributed by atoms with van der Waals surface area (Å²) in [5.74, 6) is 1.34. The average Bonchev–Trinajstić information content (AvgIpc) is 2.62. The van der Waals surface area contributed by atoms with Gasteiger partial charge in [-0.2, -0.15) is 0 Å². The van der Waals surface area contributed by atoms with Crippen molar-refractivity contribution in [3.8, 4) is 5.88 Å². The molecule has 1 atom stereocenters. The van der Waals surface area contributed by atoms with Crippen LogP contribution in [0.1, 0.15) is 23.2 Å². The number of amides is 1. The first kappa shape index (κ1) is 17.9. The molecule has 0 aliphatic carbocycles. The van der Waals surface area contributed by atoms with Gasteiger partial charge in [-0.3, -0.25) is 4.79 Å². The van der Waals surface area contributed by atoms with Gasteiger partial charge >= 0.3 is 0 Å². The molecule has 3 rings (SSSR count). The second kappa shape index (κ2) is 7.99. The highest BCUT2D eigenvalue weighted by Gasteiger charge is 2.26. The quantitative estimate of drug-likeness (QED) is 0.668. The highest BCUT2D eigenvalue weighted by molar-refractivity contribution is 14.1. The molecule has 0 saturated carbocycles. The fourth-order valence-electron chi connectivity index (χ4n) is 2.81. The van der Waals surface area contributed by atoms with Gasteiger partial charge in [0, 0.05) is 35.8 Å². The van der Waals surface area contributed by atoms with Crippen molar-refractivity contribution in [3.63, 3.8) is 0 Å². The third kappa shape index (κ3) is 4.59. The molecular formula is C18H21IN4O2. The maximum atomic E-state index is 12.7. The minimum Gasteiger partial charge on any atom is -0.471 e. The van der Waals surface area contributed by atoms with Crippen molar-refractivity contribution >= 4 is 34.3 Å². The molecule has 25 heavy (non-hydrogen) atoms. The Morgan fingerprint density at radius 3 is 2.80 bits per heavy atom. The van der Waals surface area contributed by atoms with Gasteiger partial charge in [0.15, 0.2) is 5.82 Å². The Morgan fingerprint density at radius 1 is 1.28 bits per heavy atom. The predicted octanol–water partition coefficient (Wildman–Crippen LogP) is 2.83. The van der Waals surface area contributed by atoms with E-state index in [1.807, 2.05) is 60.3 Å². The SMILES string of the molecule is CN(C)c1ccc(OC2CCCN(C(=O)c3cccc(I)c3)C2)nn1. The van der Waals surface area contributed by atoms with Gasteiger partial charge in [-0.05, 0) is 59.7 Å². The van der Waals surface area contributed by atoms with Crippen LogP contribution in [0.4, 0.5) is 5.82 Å². The number of hydrogen-bond acceptors (Lipinski definition) is 5. The number of ether oxygens (including phenoxy) is 1. The van der Waals surface area contributed by atoms with E-state index in [0.717, 1.165) is 34.3 Å². The predicted molar refractivity (Wildman–Crippen MR) is 105 cm³/mol. The molecule has 0 spiro atoms. The Hall–Kier alpha value is -1.90. The molecule has 1 fully saturated rings. The lowest BCUT2D eigenvalue weighted by molar-refractivity contribution is 0.0525. The summed E-state index contributed by atoms with van der Waals surface area (Å²) in [4.78, 5) is 16.5. The van der Waals surface area contributed by atoms with E-state index in [4.69, 9.17) is 4.74 Å². The van der Waals surface area contributed by atoms with Crippen LogP contribution in [-0.2, 0) is 0 Å². The van der Waals surface area contributed by atoms with E-state index >= 15 is 0 Å². The molecule has 1 aliphatic rings. The lowest BCUT2D eigenvalue weighted by Crippen LogP contribution is -2.44. The summed E-state index contributed by atoms with van der Waals surface area (Å²) in [6, 6.07) is 11.4. The van der Waals surface area contributed by atoms with Crippen molar-refractivity contribution in [2.45, 2.75) is 18.9 Å². The summed E-state index contributed by atoms with van der Waals surface area (Å²) < 4.78 is 7.00. The number of rotatable bonds is 4. The van der Waals surface area contributed by atoms with Gasteiger partial charge in [0.1, 0.15) is 6.10 Å². The monoisotopic (exact) mass is 452 g/mol. The summed E-state index contributed by atoms with van der Waals surface area (Å²) in [5, 5.41) is 8.24. The minimum absolute atomic E-state index is 0.0556. The van der Waals surface area contributed by atoms with Gasteiger partial charge in [-0.1, -0.05) is 6.07 Å². The lowest BCUT2D eigenvalue weighted by atomic mass is 10.1. The van der Waals surface area contributed by atoms with Crippen molar-refractivity contribution in [1.82, 2.24) is 15.1 Å². The van der Waals surface area contributed by atoms with E-state index < -0.39 is 0 Å². The van der Waals surface area contributed by atoms with E-state index in [1.54, 1.807) is 0 Å². The highest BCUT2D eigenvalue weighted by atomic mass is 127. The van der Waals surface area contributed by atoms with Crippen molar-refractivity contribution in [1.29, 1.82) is 0 Å². The molecule has 6 nitrogen and oxygen atoms in total. The molecule has 2 heterocycles. The first-order valence-corrected chi connectivity index (χ1v) is 9.33. The molecule has 0 N–H and O–H groups in total. The normalized spacial score (nSPS) is 17.2. The molecule has 2 aromatic rings. The Balaban J connectivity index is 1.63. The van der Waals surface area contributed by atoms with Crippen LogP contribution < -0.4 is 9.64 Å². The van der Waals surface area contributed by atoms with Gasteiger partial charge in [0.2, 0.25) is 5.88 Å². The van der Waals surface area contributed by atoms with Crippen LogP contribution in [0.15, 0.2) is 36.4 Å². The van der Waals surface area contributed by atoms with Crippen LogP contribution in [-0.4, -0.2) is 54.3 Å². The van der Waals surface area contributed by atoms with E-state index in [2.05, 4.69) is 32.8 Å². The Morgan fingerprint density at radius 2 is 2.12 bits per heavy atom. The van der Waals surface area contributed by atoms with Gasteiger partial charge in [-0.15, -0.1) is 10.2 Å². The summed E-state index contributed by atoms with van der Waals surface area (Å²) in [6.07, 6.45) is 1.77. The van der Waals surface area contributed by atoms with Gasteiger partial charge < -0.3 is 14.5 Å². The Labute approximate surface area is 161 Å². The van der Waals surface area contributed by atoms with Crippen LogP contribution in [0.2, 0.25) is 0 Å². The number of likely N-dealkylation sites (tertiary alicyclic amines) is 1. The first-order valence-electron chi connectivity index (χ1n) is 8.25. The summed E-state index contributed by atoms with van der Waals surface area (Å²) in [5.41, 5.74) is 0.725. The molecule has 1 aromatic carbocycles. The number of anilines is 1. The van der Waals surface area contributed by atoms with E-state index in [1.165, 1.54) is 0 Å². The number of nitrogens with zero attached hydrogens (tertiary/aromatic N) is 4. The molecule has 132 valence electrons. The minimum atomic E-state index is -0.0556. The summed E-state index contributed by atoms with van der Waals surface area (Å²) in [6.45, 7) is 1.33. The maximum absolute atomic E-state index is 12.7. The zero-order valence-corrected chi connectivity index (χ0v) is 16.5. The van der Waals surface area contributed by atoms with E-state index in [9.17, 15) is 4.79 Å². The van der Waals surface area contributed by atoms with Crippen LogP contribution >= 0.6 is 22.6 Å².